The lowest BCUT2D eigenvalue weighted by molar-refractivity contribution is 0.114. The zero-order valence-corrected chi connectivity index (χ0v) is 10.2. The fraction of sp³-hybridized carbons (Fsp3) is 1.00. The average Bonchev–Trinajstić information content (AvgIpc) is 2.18. The van der Waals surface area contributed by atoms with Crippen LogP contribution in [-0.2, 0) is 0 Å². The molecule has 0 spiro atoms. The van der Waals surface area contributed by atoms with E-state index in [1.165, 1.54) is 32.5 Å². The number of hydrogen-bond donors (Lipinski definition) is 1. The summed E-state index contributed by atoms with van der Waals surface area (Å²) in [6.07, 6.45) is 2.75. The number of nitrogens with zero attached hydrogens (tertiary/aromatic N) is 1. The molecule has 2 heteroatoms. The smallest absolute Gasteiger partial charge is 0.00899 e. The van der Waals surface area contributed by atoms with E-state index in [2.05, 4.69) is 38.0 Å². The summed E-state index contributed by atoms with van der Waals surface area (Å²) < 4.78 is 0. The summed E-state index contributed by atoms with van der Waals surface area (Å²) in [5, 5.41) is 3.29. The summed E-state index contributed by atoms with van der Waals surface area (Å²) in [7, 11) is 2.06. The van der Waals surface area contributed by atoms with Gasteiger partial charge in [-0.15, -0.1) is 0 Å². The molecular formula is C12H26N2. The number of rotatable bonds is 4. The van der Waals surface area contributed by atoms with Crippen molar-refractivity contribution in [1.29, 1.82) is 0 Å². The topological polar surface area (TPSA) is 15.3 Å². The number of likely N-dealkylation sites (tertiary alicyclic amines) is 1. The van der Waals surface area contributed by atoms with Gasteiger partial charge in [-0.2, -0.15) is 0 Å². The summed E-state index contributed by atoms with van der Waals surface area (Å²) in [6.45, 7) is 10.8. The van der Waals surface area contributed by atoms with E-state index in [-0.39, 0.29) is 0 Å². The van der Waals surface area contributed by atoms with Crippen molar-refractivity contribution in [2.24, 2.45) is 11.8 Å². The Balaban J connectivity index is 2.28. The van der Waals surface area contributed by atoms with Gasteiger partial charge in [0.1, 0.15) is 0 Å². The number of nitrogens with one attached hydrogen (secondary N) is 1. The Labute approximate surface area is 89.1 Å². The zero-order chi connectivity index (χ0) is 10.6. The largest absolute Gasteiger partial charge is 0.319 e. The molecular weight excluding hydrogens is 172 g/mol. The lowest BCUT2D eigenvalue weighted by Gasteiger charge is -2.37. The van der Waals surface area contributed by atoms with E-state index in [9.17, 15) is 0 Å². The van der Waals surface area contributed by atoms with E-state index in [1.54, 1.807) is 0 Å². The van der Waals surface area contributed by atoms with Crippen molar-refractivity contribution in [3.63, 3.8) is 0 Å². The average molecular weight is 198 g/mol. The Bertz CT molecular complexity index is 148. The van der Waals surface area contributed by atoms with Crippen molar-refractivity contribution in [3.05, 3.63) is 0 Å². The van der Waals surface area contributed by atoms with Gasteiger partial charge in [0.2, 0.25) is 0 Å². The van der Waals surface area contributed by atoms with Crippen molar-refractivity contribution in [2.75, 3.05) is 26.7 Å². The Morgan fingerprint density at radius 2 is 1.79 bits per heavy atom. The first kappa shape index (κ1) is 12.0. The maximum Gasteiger partial charge on any atom is 0.00899 e. The van der Waals surface area contributed by atoms with Crippen LogP contribution in [0.25, 0.3) is 0 Å². The summed E-state index contributed by atoms with van der Waals surface area (Å²) in [5.74, 6) is 1.70. The van der Waals surface area contributed by atoms with E-state index in [4.69, 9.17) is 0 Å². The van der Waals surface area contributed by atoms with Gasteiger partial charge in [0.25, 0.3) is 0 Å². The molecule has 1 atom stereocenters. The summed E-state index contributed by atoms with van der Waals surface area (Å²) in [6, 6.07) is 0.755. The minimum absolute atomic E-state index is 0.755. The van der Waals surface area contributed by atoms with E-state index in [0.29, 0.717) is 0 Å². The second-order valence-electron chi connectivity index (χ2n) is 5.02. The molecule has 1 N–H and O–H groups in total. The molecule has 0 aliphatic carbocycles. The number of hydrogen-bond acceptors (Lipinski definition) is 2. The lowest BCUT2D eigenvalue weighted by atomic mass is 9.94. The maximum atomic E-state index is 3.29. The third kappa shape index (κ3) is 3.25. The first-order valence-electron chi connectivity index (χ1n) is 6.03. The van der Waals surface area contributed by atoms with Gasteiger partial charge in [0.15, 0.2) is 0 Å². The van der Waals surface area contributed by atoms with Crippen LogP contribution in [0.2, 0.25) is 0 Å². The highest BCUT2D eigenvalue weighted by Crippen LogP contribution is 2.20. The molecule has 0 aromatic rings. The highest BCUT2D eigenvalue weighted by Gasteiger charge is 2.23. The predicted molar refractivity (Wildman–Crippen MR) is 62.5 cm³/mol. The molecule has 1 aliphatic heterocycles. The summed E-state index contributed by atoms with van der Waals surface area (Å²) in [5.41, 5.74) is 0. The molecule has 1 saturated heterocycles. The highest BCUT2D eigenvalue weighted by molar-refractivity contribution is 4.78. The third-order valence-electron chi connectivity index (χ3n) is 3.68. The first-order valence-corrected chi connectivity index (χ1v) is 6.03. The van der Waals surface area contributed by atoms with Crippen LogP contribution in [0.3, 0.4) is 0 Å². The molecule has 1 unspecified atom stereocenters. The molecule has 0 saturated carbocycles. The van der Waals surface area contributed by atoms with Gasteiger partial charge < -0.3 is 10.2 Å². The van der Waals surface area contributed by atoms with Crippen molar-refractivity contribution in [3.8, 4) is 0 Å². The van der Waals surface area contributed by atoms with Crippen molar-refractivity contribution in [1.82, 2.24) is 10.2 Å². The standard InChI is InChI=1S/C12H26N2/c1-10(2)11(3)14-7-5-12(6-8-14)9-13-4/h10-13H,5-9H2,1-4H3. The van der Waals surface area contributed by atoms with Crippen LogP contribution in [0.15, 0.2) is 0 Å². The number of piperidine rings is 1. The Hall–Kier alpha value is -0.0800. The fourth-order valence-corrected chi connectivity index (χ4v) is 2.27. The maximum absolute atomic E-state index is 3.29. The van der Waals surface area contributed by atoms with Crippen LogP contribution in [0.1, 0.15) is 33.6 Å². The molecule has 14 heavy (non-hydrogen) atoms. The van der Waals surface area contributed by atoms with Crippen LogP contribution in [0.5, 0.6) is 0 Å². The van der Waals surface area contributed by atoms with E-state index >= 15 is 0 Å². The van der Waals surface area contributed by atoms with Gasteiger partial charge in [0, 0.05) is 6.04 Å². The lowest BCUT2D eigenvalue weighted by Crippen LogP contribution is -2.43. The summed E-state index contributed by atoms with van der Waals surface area (Å²) >= 11 is 0. The normalized spacial score (nSPS) is 22.9. The second kappa shape index (κ2) is 5.72. The molecule has 0 radical (unpaired) electrons. The summed E-state index contributed by atoms with van der Waals surface area (Å²) in [4.78, 5) is 2.65. The fourth-order valence-electron chi connectivity index (χ4n) is 2.27. The van der Waals surface area contributed by atoms with Crippen LogP contribution in [-0.4, -0.2) is 37.6 Å². The van der Waals surface area contributed by atoms with E-state index < -0.39 is 0 Å². The molecule has 2 nitrogen and oxygen atoms in total. The Morgan fingerprint density at radius 3 is 2.21 bits per heavy atom. The van der Waals surface area contributed by atoms with Gasteiger partial charge in [-0.05, 0) is 58.3 Å². The molecule has 0 bridgehead atoms. The van der Waals surface area contributed by atoms with Gasteiger partial charge in [-0.3, -0.25) is 0 Å². The quantitative estimate of drug-likeness (QED) is 0.743. The molecule has 1 rings (SSSR count). The van der Waals surface area contributed by atoms with Crippen molar-refractivity contribution < 1.29 is 0 Å². The third-order valence-corrected chi connectivity index (χ3v) is 3.68. The van der Waals surface area contributed by atoms with Gasteiger partial charge >= 0.3 is 0 Å². The molecule has 1 heterocycles. The van der Waals surface area contributed by atoms with Crippen LogP contribution < -0.4 is 5.32 Å². The van der Waals surface area contributed by atoms with E-state index in [1.807, 2.05) is 0 Å². The molecule has 0 amide bonds. The highest BCUT2D eigenvalue weighted by atomic mass is 15.2. The minimum Gasteiger partial charge on any atom is -0.319 e. The Morgan fingerprint density at radius 1 is 1.21 bits per heavy atom. The van der Waals surface area contributed by atoms with Crippen LogP contribution >= 0.6 is 0 Å². The molecule has 1 fully saturated rings. The zero-order valence-electron chi connectivity index (χ0n) is 10.2. The molecule has 0 aromatic carbocycles. The predicted octanol–water partition coefficient (Wildman–Crippen LogP) is 1.96. The van der Waals surface area contributed by atoms with Crippen LogP contribution in [0.4, 0.5) is 0 Å². The minimum atomic E-state index is 0.755. The van der Waals surface area contributed by atoms with E-state index in [0.717, 1.165) is 17.9 Å². The van der Waals surface area contributed by atoms with Gasteiger partial charge in [0.05, 0.1) is 0 Å². The van der Waals surface area contributed by atoms with Crippen LogP contribution in [0, 0.1) is 11.8 Å². The SMILES string of the molecule is CNCC1CCN(C(C)C(C)C)CC1. The van der Waals surface area contributed by atoms with Crippen molar-refractivity contribution >= 4 is 0 Å². The molecule has 84 valence electrons. The van der Waals surface area contributed by atoms with Gasteiger partial charge in [-0.1, -0.05) is 13.8 Å². The second-order valence-corrected chi connectivity index (χ2v) is 5.02. The van der Waals surface area contributed by atoms with Gasteiger partial charge in [-0.25, -0.2) is 0 Å². The molecule has 0 aromatic heterocycles. The molecule has 1 aliphatic rings. The Kier molecular flexibility index (Phi) is 4.90. The van der Waals surface area contributed by atoms with Crippen molar-refractivity contribution in [2.45, 2.75) is 39.7 Å². The first-order chi connectivity index (χ1) is 6.65. The monoisotopic (exact) mass is 198 g/mol.